The zero-order chi connectivity index (χ0) is 17.0. The third kappa shape index (κ3) is 4.49. The molecular formula is C16H18F2N2O2S. The summed E-state index contributed by atoms with van der Waals surface area (Å²) in [5.74, 6) is -1.89. The lowest BCUT2D eigenvalue weighted by Crippen LogP contribution is -2.43. The molecule has 0 spiro atoms. The summed E-state index contributed by atoms with van der Waals surface area (Å²) in [7, 11) is 0. The van der Waals surface area contributed by atoms with Crippen molar-refractivity contribution in [2.45, 2.75) is 25.5 Å². The highest BCUT2D eigenvalue weighted by Gasteiger charge is 2.25. The highest BCUT2D eigenvalue weighted by molar-refractivity contribution is 7.10. The van der Waals surface area contributed by atoms with Crippen LogP contribution in [0.25, 0.3) is 0 Å². The number of nitrogens with one attached hydrogen (secondary N) is 2. The molecule has 1 aromatic carbocycles. The van der Waals surface area contributed by atoms with E-state index in [0.29, 0.717) is 5.56 Å². The van der Waals surface area contributed by atoms with Gasteiger partial charge in [0.2, 0.25) is 0 Å². The fraction of sp³-hybridized carbons (Fsp3) is 0.312. The first-order chi connectivity index (χ1) is 10.8. The van der Waals surface area contributed by atoms with Crippen molar-refractivity contribution in [3.05, 3.63) is 57.8 Å². The van der Waals surface area contributed by atoms with Gasteiger partial charge in [0.05, 0.1) is 12.6 Å². The minimum Gasteiger partial charge on any atom is -0.383 e. The van der Waals surface area contributed by atoms with Crippen LogP contribution in [0, 0.1) is 11.6 Å². The number of aliphatic hydroxyl groups is 1. The molecule has 0 bridgehead atoms. The van der Waals surface area contributed by atoms with E-state index < -0.39 is 29.3 Å². The molecule has 4 nitrogen and oxygen atoms in total. The third-order valence-electron chi connectivity index (χ3n) is 3.44. The van der Waals surface area contributed by atoms with Crippen molar-refractivity contribution in [1.29, 1.82) is 0 Å². The maximum Gasteiger partial charge on any atom is 0.315 e. The molecule has 0 aliphatic carbocycles. The molecule has 2 rings (SSSR count). The van der Waals surface area contributed by atoms with Gasteiger partial charge in [0, 0.05) is 4.88 Å². The Balaban J connectivity index is 1.90. The standard InChI is InChI=1S/C16H18F2N2O2S/c1-10(11-5-6-12(17)13(18)8-11)20-15(21)19-9-16(2,22)14-4-3-7-23-14/h3-8,10,22H,9H2,1-2H3,(H2,19,20,21)/t10-,16+/m1/s1. The first-order valence-electron chi connectivity index (χ1n) is 7.05. The lowest BCUT2D eigenvalue weighted by Gasteiger charge is -2.23. The Morgan fingerprint density at radius 2 is 2.09 bits per heavy atom. The van der Waals surface area contributed by atoms with Gasteiger partial charge in [0.25, 0.3) is 0 Å². The largest absolute Gasteiger partial charge is 0.383 e. The van der Waals surface area contributed by atoms with Gasteiger partial charge >= 0.3 is 6.03 Å². The molecule has 2 amide bonds. The zero-order valence-electron chi connectivity index (χ0n) is 12.8. The van der Waals surface area contributed by atoms with E-state index in [0.717, 1.165) is 17.0 Å². The number of benzene rings is 1. The highest BCUT2D eigenvalue weighted by Crippen LogP contribution is 2.24. The molecule has 3 N–H and O–H groups in total. The summed E-state index contributed by atoms with van der Waals surface area (Å²) in [6, 6.07) is 6.07. The van der Waals surface area contributed by atoms with E-state index in [4.69, 9.17) is 0 Å². The average molecular weight is 340 g/mol. The quantitative estimate of drug-likeness (QED) is 0.782. The molecule has 124 valence electrons. The van der Waals surface area contributed by atoms with Gasteiger partial charge in [-0.05, 0) is 43.0 Å². The number of carbonyl (C=O) groups excluding carboxylic acids is 1. The Bertz CT molecular complexity index is 675. The Hall–Kier alpha value is -1.99. The number of hydrogen-bond donors (Lipinski definition) is 3. The minimum absolute atomic E-state index is 0.0316. The first kappa shape index (κ1) is 17.4. The lowest BCUT2D eigenvalue weighted by atomic mass is 10.1. The van der Waals surface area contributed by atoms with Crippen LogP contribution >= 0.6 is 11.3 Å². The zero-order valence-corrected chi connectivity index (χ0v) is 13.6. The van der Waals surface area contributed by atoms with E-state index in [2.05, 4.69) is 10.6 Å². The summed E-state index contributed by atoms with van der Waals surface area (Å²) in [5, 5.41) is 17.4. The first-order valence-corrected chi connectivity index (χ1v) is 7.93. The number of carbonyl (C=O) groups is 1. The second-order valence-electron chi connectivity index (χ2n) is 5.47. The van der Waals surface area contributed by atoms with Crippen LogP contribution < -0.4 is 10.6 Å². The number of thiophene rings is 1. The normalized spacial score (nSPS) is 14.8. The molecular weight excluding hydrogens is 322 g/mol. The van der Waals surface area contributed by atoms with E-state index >= 15 is 0 Å². The highest BCUT2D eigenvalue weighted by atomic mass is 32.1. The Morgan fingerprint density at radius 1 is 1.35 bits per heavy atom. The maximum absolute atomic E-state index is 13.2. The molecule has 0 unspecified atom stereocenters. The second kappa shape index (κ2) is 7.06. The summed E-state index contributed by atoms with van der Waals surface area (Å²) in [6.07, 6.45) is 0. The van der Waals surface area contributed by atoms with Crippen LogP contribution in [0.2, 0.25) is 0 Å². The molecule has 7 heteroatoms. The van der Waals surface area contributed by atoms with Crippen molar-refractivity contribution < 1.29 is 18.7 Å². The van der Waals surface area contributed by atoms with Crippen LogP contribution in [0.1, 0.15) is 30.3 Å². The molecule has 2 atom stereocenters. The van der Waals surface area contributed by atoms with Gasteiger partial charge in [0.1, 0.15) is 5.60 Å². The van der Waals surface area contributed by atoms with Crippen molar-refractivity contribution in [2.24, 2.45) is 0 Å². The fourth-order valence-electron chi connectivity index (χ4n) is 2.04. The second-order valence-corrected chi connectivity index (χ2v) is 6.42. The summed E-state index contributed by atoms with van der Waals surface area (Å²) in [5.41, 5.74) is -0.722. The van der Waals surface area contributed by atoms with Crippen molar-refractivity contribution in [2.75, 3.05) is 6.54 Å². The Morgan fingerprint density at radius 3 is 2.70 bits per heavy atom. The molecule has 0 aliphatic heterocycles. The van der Waals surface area contributed by atoms with Gasteiger partial charge < -0.3 is 15.7 Å². The van der Waals surface area contributed by atoms with Gasteiger partial charge in [-0.3, -0.25) is 0 Å². The third-order valence-corrected chi connectivity index (χ3v) is 4.56. The monoisotopic (exact) mass is 340 g/mol. The lowest BCUT2D eigenvalue weighted by molar-refractivity contribution is 0.0630. The van der Waals surface area contributed by atoms with Crippen LogP contribution in [0.5, 0.6) is 0 Å². The van der Waals surface area contributed by atoms with Crippen LogP contribution in [-0.4, -0.2) is 17.7 Å². The number of hydrogen-bond acceptors (Lipinski definition) is 3. The SMILES string of the molecule is C[C@@H](NC(=O)NC[C@](C)(O)c1cccs1)c1ccc(F)c(F)c1. The van der Waals surface area contributed by atoms with Gasteiger partial charge in [-0.2, -0.15) is 0 Å². The number of urea groups is 1. The predicted octanol–water partition coefficient (Wildman–Crippen LogP) is 3.29. The van der Waals surface area contributed by atoms with Crippen molar-refractivity contribution in [3.8, 4) is 0 Å². The molecule has 0 radical (unpaired) electrons. The minimum atomic E-state index is -1.17. The fourth-order valence-corrected chi connectivity index (χ4v) is 2.82. The predicted molar refractivity (Wildman–Crippen MR) is 85.2 cm³/mol. The summed E-state index contributed by atoms with van der Waals surface area (Å²) < 4.78 is 26.1. The molecule has 1 aromatic heterocycles. The van der Waals surface area contributed by atoms with E-state index in [-0.39, 0.29) is 6.54 Å². The van der Waals surface area contributed by atoms with Crippen molar-refractivity contribution >= 4 is 17.4 Å². The molecule has 0 fully saturated rings. The van der Waals surface area contributed by atoms with Crippen molar-refractivity contribution in [3.63, 3.8) is 0 Å². The van der Waals surface area contributed by atoms with E-state index in [9.17, 15) is 18.7 Å². The van der Waals surface area contributed by atoms with Crippen molar-refractivity contribution in [1.82, 2.24) is 10.6 Å². The van der Waals surface area contributed by atoms with Crippen LogP contribution in [-0.2, 0) is 5.60 Å². The van der Waals surface area contributed by atoms with Gasteiger partial charge in [-0.25, -0.2) is 13.6 Å². The van der Waals surface area contributed by atoms with Gasteiger partial charge in [-0.15, -0.1) is 11.3 Å². The molecule has 0 aliphatic rings. The maximum atomic E-state index is 13.2. The van der Waals surface area contributed by atoms with Gasteiger partial charge in [-0.1, -0.05) is 12.1 Å². The Kier molecular flexibility index (Phi) is 5.33. The number of amides is 2. The van der Waals surface area contributed by atoms with Crippen LogP contribution in [0.3, 0.4) is 0 Å². The van der Waals surface area contributed by atoms with Gasteiger partial charge in [0.15, 0.2) is 11.6 Å². The molecule has 0 saturated carbocycles. The summed E-state index contributed by atoms with van der Waals surface area (Å²) >= 11 is 1.40. The smallest absolute Gasteiger partial charge is 0.315 e. The van der Waals surface area contributed by atoms with Crippen LogP contribution in [0.15, 0.2) is 35.7 Å². The topological polar surface area (TPSA) is 61.4 Å². The molecule has 23 heavy (non-hydrogen) atoms. The number of halogens is 2. The molecule has 1 heterocycles. The molecule has 0 saturated heterocycles. The van der Waals surface area contributed by atoms with E-state index in [1.165, 1.54) is 17.4 Å². The average Bonchev–Trinajstić information content (AvgIpc) is 3.03. The van der Waals surface area contributed by atoms with E-state index in [1.807, 2.05) is 11.4 Å². The Labute approximate surface area is 137 Å². The summed E-state index contributed by atoms with van der Waals surface area (Å²) in [4.78, 5) is 12.6. The summed E-state index contributed by atoms with van der Waals surface area (Å²) in [6.45, 7) is 3.30. The van der Waals surface area contributed by atoms with E-state index in [1.54, 1.807) is 19.9 Å². The molecule has 2 aromatic rings. The van der Waals surface area contributed by atoms with Crippen LogP contribution in [0.4, 0.5) is 13.6 Å². The number of rotatable bonds is 5.